The van der Waals surface area contributed by atoms with E-state index in [0.29, 0.717) is 5.82 Å². The van der Waals surface area contributed by atoms with Crippen LogP contribution in [-0.4, -0.2) is 33.3 Å². The van der Waals surface area contributed by atoms with Crippen molar-refractivity contribution in [2.75, 3.05) is 13.7 Å². The zero-order valence-corrected chi connectivity index (χ0v) is 11.5. The lowest BCUT2D eigenvalue weighted by Gasteiger charge is -2.01. The smallest absolute Gasteiger partial charge is 0.343 e. The molecule has 2 rings (SSSR count). The van der Waals surface area contributed by atoms with Crippen LogP contribution in [0.5, 0.6) is 5.75 Å². The maximum absolute atomic E-state index is 10.9. The van der Waals surface area contributed by atoms with Gasteiger partial charge in [0.05, 0.1) is 13.7 Å². The summed E-state index contributed by atoms with van der Waals surface area (Å²) in [5.41, 5.74) is 0.885. The molecule has 110 valence electrons. The number of ether oxygens (including phenoxy) is 1. The molecule has 0 radical (unpaired) electrons. The quantitative estimate of drug-likeness (QED) is 0.648. The molecule has 7 heteroatoms. The Hall–Kier alpha value is -2.67. The van der Waals surface area contributed by atoms with Gasteiger partial charge in [-0.05, 0) is 28.7 Å². The molecule has 0 fully saturated rings. The summed E-state index contributed by atoms with van der Waals surface area (Å²) in [5, 5.41) is 19.9. The van der Waals surface area contributed by atoms with E-state index in [4.69, 9.17) is 9.84 Å². The Bertz CT molecular complexity index is 664. The highest BCUT2D eigenvalue weighted by Crippen LogP contribution is 2.18. The molecule has 7 nitrogen and oxygen atoms in total. The molecule has 0 amide bonds. The molecule has 0 aliphatic rings. The van der Waals surface area contributed by atoms with Crippen LogP contribution in [0.1, 0.15) is 11.4 Å². The molecule has 0 unspecified atom stereocenters. The third kappa shape index (κ3) is 3.46. The van der Waals surface area contributed by atoms with Crippen molar-refractivity contribution in [1.82, 2.24) is 9.55 Å². The van der Waals surface area contributed by atoms with Crippen molar-refractivity contribution in [3.05, 3.63) is 52.0 Å². The SMILES string of the molecule is COc1cccc(/C=C/c2ncc([N+](=O)[O-])n2CCO)c1. The summed E-state index contributed by atoms with van der Waals surface area (Å²) < 4.78 is 6.49. The van der Waals surface area contributed by atoms with Gasteiger partial charge in [-0.3, -0.25) is 0 Å². The van der Waals surface area contributed by atoms with E-state index in [1.54, 1.807) is 19.3 Å². The van der Waals surface area contributed by atoms with Gasteiger partial charge in [0.2, 0.25) is 5.82 Å². The lowest BCUT2D eigenvalue weighted by Crippen LogP contribution is -2.07. The topological polar surface area (TPSA) is 90.4 Å². The highest BCUT2D eigenvalue weighted by molar-refractivity contribution is 5.68. The van der Waals surface area contributed by atoms with Gasteiger partial charge in [-0.2, -0.15) is 0 Å². The van der Waals surface area contributed by atoms with Crippen LogP contribution in [0.15, 0.2) is 30.5 Å². The zero-order chi connectivity index (χ0) is 15.2. The molecule has 2 aromatic rings. The predicted octanol–water partition coefficient (Wildman–Crippen LogP) is 1.96. The minimum Gasteiger partial charge on any atom is -0.497 e. The highest BCUT2D eigenvalue weighted by atomic mass is 16.6. The minimum atomic E-state index is -0.522. The first-order valence-corrected chi connectivity index (χ1v) is 6.28. The second kappa shape index (κ2) is 6.67. The van der Waals surface area contributed by atoms with Crippen molar-refractivity contribution >= 4 is 18.0 Å². The number of hydrogen-bond donors (Lipinski definition) is 1. The normalized spacial score (nSPS) is 11.0. The van der Waals surface area contributed by atoms with E-state index in [-0.39, 0.29) is 19.0 Å². The standard InChI is InChI=1S/C14H15N3O4/c1-21-12-4-2-3-11(9-12)5-6-13-15-10-14(17(19)20)16(13)7-8-18/h2-6,9-10,18H,7-8H2,1H3/b6-5+. The number of nitrogens with zero attached hydrogens (tertiary/aromatic N) is 3. The van der Waals surface area contributed by atoms with Gasteiger partial charge in [-0.15, -0.1) is 0 Å². The molecule has 1 N–H and O–H groups in total. The van der Waals surface area contributed by atoms with Crippen molar-refractivity contribution < 1.29 is 14.8 Å². The van der Waals surface area contributed by atoms with E-state index in [1.165, 1.54) is 10.8 Å². The fourth-order valence-electron chi connectivity index (χ4n) is 1.90. The van der Waals surface area contributed by atoms with Crippen LogP contribution in [0.4, 0.5) is 5.82 Å². The molecule has 0 saturated heterocycles. The van der Waals surface area contributed by atoms with Crippen LogP contribution in [-0.2, 0) is 6.54 Å². The van der Waals surface area contributed by atoms with Crippen LogP contribution in [0.25, 0.3) is 12.2 Å². The maximum atomic E-state index is 10.9. The summed E-state index contributed by atoms with van der Waals surface area (Å²) in [4.78, 5) is 14.4. The largest absolute Gasteiger partial charge is 0.497 e. The Morgan fingerprint density at radius 1 is 1.48 bits per heavy atom. The molecule has 0 aliphatic carbocycles. The zero-order valence-electron chi connectivity index (χ0n) is 11.5. The van der Waals surface area contributed by atoms with Crippen LogP contribution < -0.4 is 4.74 Å². The first-order valence-electron chi connectivity index (χ1n) is 6.28. The minimum absolute atomic E-state index is 0.119. The molecule has 1 heterocycles. The summed E-state index contributed by atoms with van der Waals surface area (Å²) in [6.07, 6.45) is 4.63. The van der Waals surface area contributed by atoms with E-state index in [9.17, 15) is 10.1 Å². The van der Waals surface area contributed by atoms with Crippen LogP contribution >= 0.6 is 0 Å². The van der Waals surface area contributed by atoms with E-state index in [1.807, 2.05) is 24.3 Å². The van der Waals surface area contributed by atoms with Crippen molar-refractivity contribution in [1.29, 1.82) is 0 Å². The summed E-state index contributed by atoms with van der Waals surface area (Å²) >= 11 is 0. The number of methoxy groups -OCH3 is 1. The Balaban J connectivity index is 2.29. The third-order valence-electron chi connectivity index (χ3n) is 2.89. The number of hydrogen-bond acceptors (Lipinski definition) is 5. The Kier molecular flexibility index (Phi) is 4.68. The van der Waals surface area contributed by atoms with Gasteiger partial charge in [-0.25, -0.2) is 9.55 Å². The van der Waals surface area contributed by atoms with Gasteiger partial charge in [0.25, 0.3) is 0 Å². The average molecular weight is 289 g/mol. The fourth-order valence-corrected chi connectivity index (χ4v) is 1.90. The molecule has 0 aliphatic heterocycles. The van der Waals surface area contributed by atoms with Gasteiger partial charge in [0.1, 0.15) is 18.5 Å². The molecule has 0 spiro atoms. The Morgan fingerprint density at radius 3 is 2.95 bits per heavy atom. The Labute approximate surface area is 121 Å². The summed E-state index contributed by atoms with van der Waals surface area (Å²) in [5.74, 6) is 0.995. The fraction of sp³-hybridized carbons (Fsp3) is 0.214. The monoisotopic (exact) mass is 289 g/mol. The van der Waals surface area contributed by atoms with Crippen molar-refractivity contribution in [3.8, 4) is 5.75 Å². The second-order valence-electron chi connectivity index (χ2n) is 4.22. The molecule has 0 atom stereocenters. The van der Waals surface area contributed by atoms with Gasteiger partial charge in [0, 0.05) is 6.08 Å². The molecule has 1 aromatic heterocycles. The number of nitro groups is 1. The summed E-state index contributed by atoms with van der Waals surface area (Å²) in [6, 6.07) is 7.40. The van der Waals surface area contributed by atoms with E-state index >= 15 is 0 Å². The summed E-state index contributed by atoms with van der Waals surface area (Å²) in [7, 11) is 1.58. The van der Waals surface area contributed by atoms with Crippen LogP contribution in [0.3, 0.4) is 0 Å². The van der Waals surface area contributed by atoms with Crippen molar-refractivity contribution in [2.45, 2.75) is 6.54 Å². The number of rotatable bonds is 6. The van der Waals surface area contributed by atoms with Gasteiger partial charge < -0.3 is 20.0 Å². The lowest BCUT2D eigenvalue weighted by atomic mass is 10.2. The third-order valence-corrected chi connectivity index (χ3v) is 2.89. The number of benzene rings is 1. The number of aliphatic hydroxyl groups excluding tert-OH is 1. The second-order valence-corrected chi connectivity index (χ2v) is 4.22. The number of aromatic nitrogens is 2. The molecule has 0 bridgehead atoms. The highest BCUT2D eigenvalue weighted by Gasteiger charge is 2.17. The van der Waals surface area contributed by atoms with E-state index in [2.05, 4.69) is 4.98 Å². The van der Waals surface area contributed by atoms with Gasteiger partial charge in [-0.1, -0.05) is 12.1 Å². The average Bonchev–Trinajstić information content (AvgIpc) is 2.89. The van der Waals surface area contributed by atoms with Crippen LogP contribution in [0, 0.1) is 10.1 Å². The maximum Gasteiger partial charge on any atom is 0.343 e. The first-order chi connectivity index (χ1) is 10.2. The van der Waals surface area contributed by atoms with E-state index in [0.717, 1.165) is 11.3 Å². The molecule has 21 heavy (non-hydrogen) atoms. The first kappa shape index (κ1) is 14.7. The van der Waals surface area contributed by atoms with Gasteiger partial charge >= 0.3 is 5.82 Å². The molecule has 1 aromatic carbocycles. The molecular weight excluding hydrogens is 274 g/mol. The predicted molar refractivity (Wildman–Crippen MR) is 77.9 cm³/mol. The van der Waals surface area contributed by atoms with Crippen molar-refractivity contribution in [3.63, 3.8) is 0 Å². The van der Waals surface area contributed by atoms with E-state index < -0.39 is 4.92 Å². The number of imidazole rings is 1. The van der Waals surface area contributed by atoms with Gasteiger partial charge in [0.15, 0.2) is 0 Å². The molecule has 0 saturated carbocycles. The molecular formula is C14H15N3O4. The lowest BCUT2D eigenvalue weighted by molar-refractivity contribution is -0.392. The van der Waals surface area contributed by atoms with Crippen molar-refractivity contribution in [2.24, 2.45) is 0 Å². The van der Waals surface area contributed by atoms with Crippen LogP contribution in [0.2, 0.25) is 0 Å². The Morgan fingerprint density at radius 2 is 2.29 bits per heavy atom. The summed E-state index contributed by atoms with van der Waals surface area (Å²) in [6.45, 7) is -0.0781. The number of aliphatic hydroxyl groups is 1.